The van der Waals surface area contributed by atoms with Crippen LogP contribution in [0, 0.1) is 6.92 Å². The van der Waals surface area contributed by atoms with Gasteiger partial charge in [-0.1, -0.05) is 12.8 Å². The molecule has 4 nitrogen and oxygen atoms in total. The molecule has 6 heteroatoms. The maximum Gasteiger partial charge on any atom is 0.224 e. The fourth-order valence-corrected chi connectivity index (χ4v) is 2.56. The van der Waals surface area contributed by atoms with Crippen molar-refractivity contribution in [1.29, 1.82) is 0 Å². The lowest BCUT2D eigenvalue weighted by Crippen LogP contribution is -2.11. The van der Waals surface area contributed by atoms with Gasteiger partial charge in [-0.3, -0.25) is 3.97 Å². The molecule has 0 spiro atoms. The molecule has 0 aliphatic heterocycles. The van der Waals surface area contributed by atoms with E-state index in [2.05, 4.69) is 34.9 Å². The van der Waals surface area contributed by atoms with Crippen molar-refractivity contribution in [2.75, 3.05) is 11.9 Å². The third kappa shape index (κ3) is 2.23. The summed E-state index contributed by atoms with van der Waals surface area (Å²) in [6.45, 7) is 2.03. The molecular weight excluding hydrogens is 292 g/mol. The Morgan fingerprint density at radius 1 is 1.25 bits per heavy atom. The second kappa shape index (κ2) is 5.00. The molecular formula is C14H13ClN4S. The summed E-state index contributed by atoms with van der Waals surface area (Å²) in [6.07, 6.45) is 1.65. The molecule has 3 rings (SSSR count). The smallest absolute Gasteiger partial charge is 0.224 e. The van der Waals surface area contributed by atoms with Crippen LogP contribution in [0.3, 0.4) is 0 Å². The van der Waals surface area contributed by atoms with Gasteiger partial charge >= 0.3 is 0 Å². The summed E-state index contributed by atoms with van der Waals surface area (Å²) in [5.74, 6) is 0.756. The molecule has 0 amide bonds. The Labute approximate surface area is 127 Å². The summed E-state index contributed by atoms with van der Waals surface area (Å²) < 4.78 is 1.88. The minimum atomic E-state index is 0.243. The van der Waals surface area contributed by atoms with E-state index in [-0.39, 0.29) is 5.28 Å². The molecule has 0 saturated carbocycles. The van der Waals surface area contributed by atoms with Crippen LogP contribution in [0.2, 0.25) is 5.28 Å². The van der Waals surface area contributed by atoms with Crippen LogP contribution in [-0.2, 0) is 0 Å². The summed E-state index contributed by atoms with van der Waals surface area (Å²) in [7, 11) is 1.95. The fourth-order valence-electron chi connectivity index (χ4n) is 2.18. The van der Waals surface area contributed by atoms with E-state index in [1.807, 2.05) is 41.0 Å². The molecule has 0 N–H and O–H groups in total. The van der Waals surface area contributed by atoms with Gasteiger partial charge in [-0.2, -0.15) is 0 Å². The van der Waals surface area contributed by atoms with E-state index in [9.17, 15) is 0 Å². The highest BCUT2D eigenvalue weighted by atomic mass is 35.5. The average molecular weight is 305 g/mol. The first-order chi connectivity index (χ1) is 9.56. The van der Waals surface area contributed by atoms with Crippen molar-refractivity contribution in [1.82, 2.24) is 13.9 Å². The second-order valence-electron chi connectivity index (χ2n) is 4.58. The van der Waals surface area contributed by atoms with E-state index in [1.165, 1.54) is 0 Å². The minimum absolute atomic E-state index is 0.243. The number of hydrogen-bond donors (Lipinski definition) is 1. The summed E-state index contributed by atoms with van der Waals surface area (Å²) >= 11 is 10.3. The predicted octanol–water partition coefficient (Wildman–Crippen LogP) is 3.85. The predicted molar refractivity (Wildman–Crippen MR) is 86.2 cm³/mol. The van der Waals surface area contributed by atoms with Crippen LogP contribution in [0.4, 0.5) is 11.5 Å². The highest BCUT2D eigenvalue weighted by Gasteiger charge is 2.09. The van der Waals surface area contributed by atoms with E-state index < -0.39 is 0 Å². The van der Waals surface area contributed by atoms with Crippen molar-refractivity contribution in [3.63, 3.8) is 0 Å². The SMILES string of the molecule is Cc1cc2cc(N(C)c3ccnc(Cl)n3)ccc2n1S. The molecule has 2 heterocycles. The van der Waals surface area contributed by atoms with Crippen molar-refractivity contribution in [3.05, 3.63) is 47.5 Å². The molecule has 1 aromatic carbocycles. The first kappa shape index (κ1) is 13.3. The third-order valence-corrected chi connectivity index (χ3v) is 3.99. The van der Waals surface area contributed by atoms with Crippen molar-refractivity contribution in [3.8, 4) is 0 Å². The van der Waals surface area contributed by atoms with Crippen LogP contribution < -0.4 is 4.90 Å². The van der Waals surface area contributed by atoms with Gasteiger partial charge in [-0.25, -0.2) is 9.97 Å². The molecule has 0 bridgehead atoms. The van der Waals surface area contributed by atoms with Gasteiger partial charge in [-0.15, -0.1) is 0 Å². The summed E-state index contributed by atoms with van der Waals surface area (Å²) in [4.78, 5) is 10.1. The summed E-state index contributed by atoms with van der Waals surface area (Å²) in [5.41, 5.74) is 3.23. The van der Waals surface area contributed by atoms with Gasteiger partial charge in [0.15, 0.2) is 0 Å². The van der Waals surface area contributed by atoms with Crippen molar-refractivity contribution in [2.24, 2.45) is 0 Å². The quantitative estimate of drug-likeness (QED) is 0.577. The number of benzene rings is 1. The van der Waals surface area contributed by atoms with Crippen LogP contribution in [-0.4, -0.2) is 21.0 Å². The zero-order chi connectivity index (χ0) is 14.3. The minimum Gasteiger partial charge on any atom is -0.329 e. The molecule has 0 unspecified atom stereocenters. The van der Waals surface area contributed by atoms with Crippen molar-refractivity contribution >= 4 is 46.8 Å². The molecule has 0 radical (unpaired) electrons. The zero-order valence-corrected chi connectivity index (χ0v) is 12.7. The van der Waals surface area contributed by atoms with E-state index in [4.69, 9.17) is 11.6 Å². The monoisotopic (exact) mass is 304 g/mol. The highest BCUT2D eigenvalue weighted by Crippen LogP contribution is 2.28. The maximum absolute atomic E-state index is 5.83. The molecule has 0 aliphatic rings. The van der Waals surface area contributed by atoms with Crippen molar-refractivity contribution < 1.29 is 0 Å². The zero-order valence-electron chi connectivity index (χ0n) is 11.1. The Hall–Kier alpha value is -1.72. The van der Waals surface area contributed by atoms with Gasteiger partial charge in [0.2, 0.25) is 5.28 Å². The van der Waals surface area contributed by atoms with E-state index in [0.29, 0.717) is 0 Å². The summed E-state index contributed by atoms with van der Waals surface area (Å²) in [5, 5.41) is 1.38. The molecule has 3 aromatic rings. The number of fused-ring (bicyclic) bond motifs is 1. The van der Waals surface area contributed by atoms with E-state index in [1.54, 1.807) is 6.20 Å². The van der Waals surface area contributed by atoms with Crippen LogP contribution in [0.5, 0.6) is 0 Å². The molecule has 0 aliphatic carbocycles. The second-order valence-corrected chi connectivity index (χ2v) is 5.32. The van der Waals surface area contributed by atoms with Gasteiger partial charge < -0.3 is 4.90 Å². The number of aromatic nitrogens is 3. The standard InChI is InChI=1S/C14H13ClN4S/c1-9-7-10-8-11(3-4-12(10)19(9)20)18(2)13-5-6-16-14(15)17-13/h3-8,20H,1-2H3. The lowest BCUT2D eigenvalue weighted by Gasteiger charge is -2.18. The maximum atomic E-state index is 5.83. The molecule has 2 aromatic heterocycles. The highest BCUT2D eigenvalue weighted by molar-refractivity contribution is 7.78. The Bertz CT molecular complexity index is 784. The first-order valence-corrected chi connectivity index (χ1v) is 6.87. The summed E-state index contributed by atoms with van der Waals surface area (Å²) in [6, 6.07) is 10.1. The Morgan fingerprint density at radius 2 is 2.05 bits per heavy atom. The number of halogens is 1. The van der Waals surface area contributed by atoms with E-state index in [0.717, 1.165) is 28.1 Å². The van der Waals surface area contributed by atoms with Crippen LogP contribution in [0.15, 0.2) is 36.5 Å². The van der Waals surface area contributed by atoms with Crippen LogP contribution >= 0.6 is 24.4 Å². The Morgan fingerprint density at radius 3 is 2.80 bits per heavy atom. The number of nitrogens with zero attached hydrogens (tertiary/aromatic N) is 4. The van der Waals surface area contributed by atoms with Crippen molar-refractivity contribution in [2.45, 2.75) is 6.92 Å². The number of anilines is 2. The fraction of sp³-hybridized carbons (Fsp3) is 0.143. The number of aryl methyl sites for hydroxylation is 1. The van der Waals surface area contributed by atoms with Gasteiger partial charge in [0.1, 0.15) is 5.82 Å². The molecule has 0 saturated heterocycles. The van der Waals surface area contributed by atoms with Crippen LogP contribution in [0.1, 0.15) is 5.69 Å². The van der Waals surface area contributed by atoms with E-state index >= 15 is 0 Å². The van der Waals surface area contributed by atoms with Crippen LogP contribution in [0.25, 0.3) is 10.9 Å². The number of rotatable bonds is 2. The topological polar surface area (TPSA) is 34.0 Å². The third-order valence-electron chi connectivity index (χ3n) is 3.28. The lowest BCUT2D eigenvalue weighted by molar-refractivity contribution is 1.08. The van der Waals surface area contributed by atoms with Gasteiger partial charge in [0.25, 0.3) is 0 Å². The molecule has 0 atom stereocenters. The normalized spacial score (nSPS) is 11.0. The van der Waals surface area contributed by atoms with Gasteiger partial charge in [0, 0.05) is 30.0 Å². The number of thiol groups is 1. The molecule has 20 heavy (non-hydrogen) atoms. The lowest BCUT2D eigenvalue weighted by atomic mass is 10.2. The largest absolute Gasteiger partial charge is 0.329 e. The molecule has 0 fully saturated rings. The number of hydrogen-bond acceptors (Lipinski definition) is 4. The molecule has 102 valence electrons. The van der Waals surface area contributed by atoms with Gasteiger partial charge in [0.05, 0.1) is 5.52 Å². The average Bonchev–Trinajstić information content (AvgIpc) is 2.73. The van der Waals surface area contributed by atoms with Gasteiger partial charge in [-0.05, 0) is 48.9 Å². The Balaban J connectivity index is 2.05. The first-order valence-electron chi connectivity index (χ1n) is 6.10. The Kier molecular flexibility index (Phi) is 3.31.